The Morgan fingerprint density at radius 2 is 1.79 bits per heavy atom. The van der Waals surface area contributed by atoms with Gasteiger partial charge in [0.25, 0.3) is 0 Å². The van der Waals surface area contributed by atoms with E-state index in [0.29, 0.717) is 6.67 Å². The van der Waals surface area contributed by atoms with Crippen molar-refractivity contribution in [2.45, 2.75) is 13.6 Å². The molecule has 0 amide bonds. The van der Waals surface area contributed by atoms with Crippen LogP contribution in [0.4, 0.5) is 16.5 Å². The molecule has 8 heteroatoms. The van der Waals surface area contributed by atoms with Crippen LogP contribution in [0.5, 0.6) is 0 Å². The summed E-state index contributed by atoms with van der Waals surface area (Å²) in [7, 11) is 0. The first kappa shape index (κ1) is 19.4. The predicted octanol–water partition coefficient (Wildman–Crippen LogP) is 5.16. The fourth-order valence-corrected chi connectivity index (χ4v) is 4.50. The first-order valence-corrected chi connectivity index (χ1v) is 10.8. The van der Waals surface area contributed by atoms with Crippen molar-refractivity contribution in [2.24, 2.45) is 0 Å². The highest BCUT2D eigenvalue weighted by Gasteiger charge is 2.19. The molecule has 2 aromatic carbocycles. The highest BCUT2D eigenvalue weighted by molar-refractivity contribution is 7.73. The minimum atomic E-state index is 0.710. The summed E-state index contributed by atoms with van der Waals surface area (Å²) in [4.78, 5) is 4.71. The molecular formula is C20H22ClN5S2. The summed E-state index contributed by atoms with van der Waals surface area (Å²) >= 11 is 13.4. The third-order valence-corrected chi connectivity index (χ3v) is 6.35. The van der Waals surface area contributed by atoms with Crippen molar-refractivity contribution in [3.63, 3.8) is 0 Å². The van der Waals surface area contributed by atoms with Gasteiger partial charge in [-0.2, -0.15) is 0 Å². The van der Waals surface area contributed by atoms with Crippen LogP contribution in [0.2, 0.25) is 5.02 Å². The molecule has 1 aliphatic rings. The number of aryl methyl sites for hydroxylation is 1. The van der Waals surface area contributed by atoms with Crippen LogP contribution in [0.1, 0.15) is 5.56 Å². The highest BCUT2D eigenvalue weighted by atomic mass is 35.5. The van der Waals surface area contributed by atoms with Gasteiger partial charge in [0, 0.05) is 31.9 Å². The lowest BCUT2D eigenvalue weighted by Gasteiger charge is -2.36. The molecule has 0 saturated carbocycles. The zero-order chi connectivity index (χ0) is 19.5. The average molecular weight is 432 g/mol. The van der Waals surface area contributed by atoms with Gasteiger partial charge < -0.3 is 10.2 Å². The second-order valence-corrected chi connectivity index (χ2v) is 8.89. The SMILES string of the molecule is Cc1ccc(Nc2nn(CN3CCN(c4ccccc4Cl)CC3)c(=S)s2)cc1. The van der Waals surface area contributed by atoms with E-state index in [0.717, 1.165) is 51.7 Å². The van der Waals surface area contributed by atoms with E-state index < -0.39 is 0 Å². The van der Waals surface area contributed by atoms with Gasteiger partial charge in [-0.25, -0.2) is 4.68 Å². The van der Waals surface area contributed by atoms with Crippen LogP contribution in [-0.2, 0) is 6.67 Å². The molecule has 0 spiro atoms. The predicted molar refractivity (Wildman–Crippen MR) is 121 cm³/mol. The summed E-state index contributed by atoms with van der Waals surface area (Å²) in [5.41, 5.74) is 3.37. The monoisotopic (exact) mass is 431 g/mol. The molecule has 0 aliphatic carbocycles. The molecule has 1 aromatic heterocycles. The van der Waals surface area contributed by atoms with Crippen LogP contribution in [0.3, 0.4) is 0 Å². The Hall–Kier alpha value is -1.93. The molecule has 146 valence electrons. The number of anilines is 3. The smallest absolute Gasteiger partial charge is 0.209 e. The lowest BCUT2D eigenvalue weighted by atomic mass is 10.2. The molecule has 0 radical (unpaired) electrons. The minimum Gasteiger partial charge on any atom is -0.368 e. The topological polar surface area (TPSA) is 36.3 Å². The van der Waals surface area contributed by atoms with E-state index in [-0.39, 0.29) is 0 Å². The Morgan fingerprint density at radius 1 is 1.07 bits per heavy atom. The largest absolute Gasteiger partial charge is 0.368 e. The molecule has 1 fully saturated rings. The van der Waals surface area contributed by atoms with Crippen molar-refractivity contribution in [1.29, 1.82) is 0 Å². The number of hydrogen-bond acceptors (Lipinski definition) is 6. The van der Waals surface area contributed by atoms with Crippen LogP contribution >= 0.6 is 35.2 Å². The van der Waals surface area contributed by atoms with Crippen LogP contribution < -0.4 is 10.2 Å². The van der Waals surface area contributed by atoms with Crippen LogP contribution in [0, 0.1) is 10.9 Å². The van der Waals surface area contributed by atoms with Gasteiger partial charge in [0.2, 0.25) is 5.13 Å². The van der Waals surface area contributed by atoms with Crippen molar-refractivity contribution >= 4 is 51.7 Å². The lowest BCUT2D eigenvalue weighted by Crippen LogP contribution is -2.47. The zero-order valence-electron chi connectivity index (χ0n) is 15.6. The van der Waals surface area contributed by atoms with Gasteiger partial charge in [-0.3, -0.25) is 4.90 Å². The fourth-order valence-electron chi connectivity index (χ4n) is 3.23. The maximum absolute atomic E-state index is 6.33. The third-order valence-electron chi connectivity index (χ3n) is 4.81. The van der Waals surface area contributed by atoms with Crippen molar-refractivity contribution in [3.8, 4) is 0 Å². The van der Waals surface area contributed by atoms with Crippen LogP contribution in [0.25, 0.3) is 0 Å². The van der Waals surface area contributed by atoms with Gasteiger partial charge in [0.05, 0.1) is 17.4 Å². The van der Waals surface area contributed by atoms with E-state index in [4.69, 9.17) is 23.8 Å². The summed E-state index contributed by atoms with van der Waals surface area (Å²) in [5.74, 6) is 0. The molecule has 1 aliphatic heterocycles. The lowest BCUT2D eigenvalue weighted by molar-refractivity contribution is 0.195. The van der Waals surface area contributed by atoms with Crippen molar-refractivity contribution in [3.05, 3.63) is 63.1 Å². The molecule has 5 nitrogen and oxygen atoms in total. The number of aromatic nitrogens is 2. The van der Waals surface area contributed by atoms with E-state index in [1.807, 2.05) is 22.9 Å². The number of para-hydroxylation sites is 1. The Bertz CT molecular complexity index is 990. The van der Waals surface area contributed by atoms with Crippen molar-refractivity contribution < 1.29 is 0 Å². The number of benzene rings is 2. The van der Waals surface area contributed by atoms with Gasteiger partial charge in [0.1, 0.15) is 0 Å². The quantitative estimate of drug-likeness (QED) is 0.564. The number of hydrogen-bond donors (Lipinski definition) is 1. The molecule has 1 saturated heterocycles. The van der Waals surface area contributed by atoms with Crippen LogP contribution in [-0.4, -0.2) is 40.9 Å². The van der Waals surface area contributed by atoms with E-state index in [9.17, 15) is 0 Å². The number of halogens is 1. The number of nitrogens with zero attached hydrogens (tertiary/aromatic N) is 4. The first-order valence-electron chi connectivity index (χ1n) is 9.22. The van der Waals surface area contributed by atoms with E-state index in [1.54, 1.807) is 0 Å². The molecule has 2 heterocycles. The Morgan fingerprint density at radius 3 is 2.50 bits per heavy atom. The van der Waals surface area contributed by atoms with E-state index in [1.165, 1.54) is 16.9 Å². The molecule has 28 heavy (non-hydrogen) atoms. The molecule has 4 rings (SSSR count). The summed E-state index contributed by atoms with van der Waals surface area (Å²) in [6.45, 7) is 6.57. The molecular weight excluding hydrogens is 410 g/mol. The number of rotatable bonds is 5. The summed E-state index contributed by atoms with van der Waals surface area (Å²) in [5, 5.41) is 9.63. The van der Waals surface area contributed by atoms with E-state index >= 15 is 0 Å². The summed E-state index contributed by atoms with van der Waals surface area (Å²) < 4.78 is 2.69. The molecule has 1 N–H and O–H groups in total. The van der Waals surface area contributed by atoms with Gasteiger partial charge in [-0.15, -0.1) is 5.10 Å². The summed E-state index contributed by atoms with van der Waals surface area (Å²) in [6.07, 6.45) is 0. The second-order valence-electron chi connectivity index (χ2n) is 6.86. The standard InChI is InChI=1S/C20H22ClN5S2/c1-15-6-8-16(9-7-15)22-19-23-26(20(27)28-19)14-24-10-12-25(13-11-24)18-5-3-2-4-17(18)21/h2-9H,10-14H2,1H3,(H,22,23). The average Bonchev–Trinajstić information content (AvgIpc) is 3.04. The fraction of sp³-hybridized carbons (Fsp3) is 0.300. The molecule has 3 aromatic rings. The van der Waals surface area contributed by atoms with Gasteiger partial charge in [-0.1, -0.05) is 52.8 Å². The van der Waals surface area contributed by atoms with Crippen molar-refractivity contribution in [1.82, 2.24) is 14.7 Å². The second kappa shape index (κ2) is 8.61. The van der Waals surface area contributed by atoms with Gasteiger partial charge >= 0.3 is 0 Å². The maximum Gasteiger partial charge on any atom is 0.209 e. The van der Waals surface area contributed by atoms with Gasteiger partial charge in [-0.05, 0) is 43.4 Å². The van der Waals surface area contributed by atoms with E-state index in [2.05, 4.69) is 57.5 Å². The van der Waals surface area contributed by atoms with Gasteiger partial charge in [0.15, 0.2) is 3.95 Å². The molecule has 0 atom stereocenters. The normalized spacial score (nSPS) is 15.0. The van der Waals surface area contributed by atoms with Crippen molar-refractivity contribution in [2.75, 3.05) is 36.4 Å². The first-order chi connectivity index (χ1) is 13.6. The Labute approximate surface area is 179 Å². The third kappa shape index (κ3) is 4.55. The zero-order valence-corrected chi connectivity index (χ0v) is 18.0. The molecule has 0 unspecified atom stereocenters. The minimum absolute atomic E-state index is 0.710. The maximum atomic E-state index is 6.33. The summed E-state index contributed by atoms with van der Waals surface area (Å²) in [6, 6.07) is 16.3. The Balaban J connectivity index is 1.36. The molecule has 0 bridgehead atoms. The number of piperazine rings is 1. The number of nitrogens with one attached hydrogen (secondary N) is 1. The van der Waals surface area contributed by atoms with Crippen LogP contribution in [0.15, 0.2) is 48.5 Å². The highest BCUT2D eigenvalue weighted by Crippen LogP contribution is 2.26. The Kier molecular flexibility index (Phi) is 5.96.